The van der Waals surface area contributed by atoms with Gasteiger partial charge in [-0.05, 0) is 11.4 Å². The van der Waals surface area contributed by atoms with Gasteiger partial charge in [0.15, 0.2) is 0 Å². The quantitative estimate of drug-likeness (QED) is 0.879. The van der Waals surface area contributed by atoms with Gasteiger partial charge in [0.2, 0.25) is 0 Å². The molecule has 2 aromatic rings. The van der Waals surface area contributed by atoms with Crippen LogP contribution in [0.4, 0.5) is 5.69 Å². The number of amides is 1. The van der Waals surface area contributed by atoms with Crippen LogP contribution in [-0.4, -0.2) is 29.0 Å². The largest absolute Gasteiger partial charge is 0.465 e. The van der Waals surface area contributed by atoms with Crippen LogP contribution in [0.5, 0.6) is 0 Å². The summed E-state index contributed by atoms with van der Waals surface area (Å²) in [6.45, 7) is 0. The first-order chi connectivity index (χ1) is 9.11. The van der Waals surface area contributed by atoms with Crippen LogP contribution in [0.25, 0.3) is 0 Å². The van der Waals surface area contributed by atoms with Crippen LogP contribution < -0.4 is 5.32 Å². The molecule has 0 atom stereocenters. The summed E-state index contributed by atoms with van der Waals surface area (Å²) in [5.41, 5.74) is 0.429. The molecular formula is C11H8ClN3O3S. The lowest BCUT2D eigenvalue weighted by molar-refractivity contribution is 0.0607. The van der Waals surface area contributed by atoms with Gasteiger partial charge < -0.3 is 10.1 Å². The molecule has 0 unspecified atom stereocenters. The molecule has 1 amide bonds. The molecular weight excluding hydrogens is 290 g/mol. The van der Waals surface area contributed by atoms with Crippen LogP contribution >= 0.6 is 22.9 Å². The molecule has 8 heteroatoms. The Morgan fingerprint density at radius 1 is 1.42 bits per heavy atom. The molecule has 0 bridgehead atoms. The van der Waals surface area contributed by atoms with Crippen LogP contribution in [0.3, 0.4) is 0 Å². The van der Waals surface area contributed by atoms with Gasteiger partial charge in [-0.15, -0.1) is 11.3 Å². The molecule has 19 heavy (non-hydrogen) atoms. The standard InChI is InChI=1S/C11H8ClN3O3S/c1-18-11(17)9-6(2-3-19-9)15-10(16)7-4-13-5-8(12)14-7/h2-5H,1H3,(H,15,16). The fraction of sp³-hybridized carbons (Fsp3) is 0.0909. The van der Waals surface area contributed by atoms with E-state index in [1.165, 1.54) is 30.8 Å². The summed E-state index contributed by atoms with van der Waals surface area (Å²) in [5.74, 6) is -1.01. The van der Waals surface area contributed by atoms with Crippen molar-refractivity contribution in [1.29, 1.82) is 0 Å². The van der Waals surface area contributed by atoms with E-state index in [1.54, 1.807) is 11.4 Å². The highest BCUT2D eigenvalue weighted by atomic mass is 35.5. The van der Waals surface area contributed by atoms with Crippen LogP contribution in [0, 0.1) is 0 Å². The highest BCUT2D eigenvalue weighted by molar-refractivity contribution is 7.12. The number of hydrogen-bond acceptors (Lipinski definition) is 6. The fourth-order valence-electron chi connectivity index (χ4n) is 1.30. The predicted octanol–water partition coefficient (Wildman–Crippen LogP) is 2.23. The van der Waals surface area contributed by atoms with E-state index in [0.717, 1.165) is 0 Å². The van der Waals surface area contributed by atoms with Crippen molar-refractivity contribution in [3.8, 4) is 0 Å². The predicted molar refractivity (Wildman–Crippen MR) is 70.7 cm³/mol. The summed E-state index contributed by atoms with van der Waals surface area (Å²) in [4.78, 5) is 31.3. The number of methoxy groups -OCH3 is 1. The molecule has 98 valence electrons. The summed E-state index contributed by atoms with van der Waals surface area (Å²) in [7, 11) is 1.27. The Labute approximate surface area is 117 Å². The van der Waals surface area contributed by atoms with Gasteiger partial charge in [0.1, 0.15) is 15.7 Å². The molecule has 0 fully saturated rings. The number of nitrogens with one attached hydrogen (secondary N) is 1. The monoisotopic (exact) mass is 297 g/mol. The summed E-state index contributed by atoms with van der Waals surface area (Å²) in [6.07, 6.45) is 2.61. The normalized spacial score (nSPS) is 10.0. The van der Waals surface area contributed by atoms with E-state index in [4.69, 9.17) is 11.6 Å². The third kappa shape index (κ3) is 3.07. The fourth-order valence-corrected chi connectivity index (χ4v) is 2.21. The number of aromatic nitrogens is 2. The van der Waals surface area contributed by atoms with Gasteiger partial charge in [-0.25, -0.2) is 9.78 Å². The number of thiophene rings is 1. The smallest absolute Gasteiger partial charge is 0.350 e. The average molecular weight is 298 g/mol. The van der Waals surface area contributed by atoms with Crippen molar-refractivity contribution in [3.05, 3.63) is 39.6 Å². The van der Waals surface area contributed by atoms with Crippen LogP contribution in [0.2, 0.25) is 5.15 Å². The summed E-state index contributed by atoms with van der Waals surface area (Å²) in [5, 5.41) is 4.35. The second-order valence-corrected chi connectivity index (χ2v) is 4.64. The number of ether oxygens (including phenoxy) is 1. The second kappa shape index (κ2) is 5.77. The highest BCUT2D eigenvalue weighted by Crippen LogP contribution is 2.23. The minimum atomic E-state index is -0.512. The Morgan fingerprint density at radius 3 is 2.89 bits per heavy atom. The molecule has 0 aliphatic carbocycles. The van der Waals surface area contributed by atoms with E-state index in [2.05, 4.69) is 20.0 Å². The Hall–Kier alpha value is -1.99. The molecule has 2 heterocycles. The number of halogens is 1. The maximum Gasteiger partial charge on any atom is 0.350 e. The third-order valence-electron chi connectivity index (χ3n) is 2.12. The molecule has 0 saturated heterocycles. The number of nitrogens with zero attached hydrogens (tertiary/aromatic N) is 2. The Kier molecular flexibility index (Phi) is 4.08. The van der Waals surface area contributed by atoms with E-state index < -0.39 is 11.9 Å². The van der Waals surface area contributed by atoms with Crippen molar-refractivity contribution in [3.63, 3.8) is 0 Å². The van der Waals surface area contributed by atoms with Crippen molar-refractivity contribution in [2.24, 2.45) is 0 Å². The number of esters is 1. The number of carbonyl (C=O) groups is 2. The van der Waals surface area contributed by atoms with E-state index in [1.807, 2.05) is 0 Å². The molecule has 0 spiro atoms. The zero-order valence-electron chi connectivity index (χ0n) is 9.71. The Balaban J connectivity index is 2.20. The number of rotatable bonds is 3. The molecule has 0 aliphatic heterocycles. The molecule has 1 N–H and O–H groups in total. The highest BCUT2D eigenvalue weighted by Gasteiger charge is 2.17. The molecule has 0 aromatic carbocycles. The van der Waals surface area contributed by atoms with Crippen LogP contribution in [0.1, 0.15) is 20.2 Å². The maximum absolute atomic E-state index is 11.9. The first kappa shape index (κ1) is 13.4. The second-order valence-electron chi connectivity index (χ2n) is 3.34. The first-order valence-corrected chi connectivity index (χ1v) is 6.32. The van der Waals surface area contributed by atoms with E-state index in [0.29, 0.717) is 10.6 Å². The van der Waals surface area contributed by atoms with E-state index >= 15 is 0 Å². The lowest BCUT2D eigenvalue weighted by Gasteiger charge is -2.04. The van der Waals surface area contributed by atoms with Gasteiger partial charge in [-0.3, -0.25) is 9.78 Å². The van der Waals surface area contributed by atoms with E-state index in [-0.39, 0.29) is 10.8 Å². The molecule has 0 radical (unpaired) electrons. The van der Waals surface area contributed by atoms with Gasteiger partial charge in [0.25, 0.3) is 5.91 Å². The van der Waals surface area contributed by atoms with Gasteiger partial charge in [-0.2, -0.15) is 0 Å². The molecule has 0 aliphatic rings. The van der Waals surface area contributed by atoms with Crippen molar-refractivity contribution < 1.29 is 14.3 Å². The minimum absolute atomic E-state index is 0.0644. The zero-order valence-corrected chi connectivity index (χ0v) is 11.3. The number of carbonyl (C=O) groups excluding carboxylic acids is 2. The van der Waals surface area contributed by atoms with Gasteiger partial charge in [0.05, 0.1) is 25.2 Å². The van der Waals surface area contributed by atoms with Crippen molar-refractivity contribution in [2.45, 2.75) is 0 Å². The number of hydrogen-bond donors (Lipinski definition) is 1. The number of anilines is 1. The maximum atomic E-state index is 11.9. The Bertz CT molecular complexity index is 629. The molecule has 2 aromatic heterocycles. The van der Waals surface area contributed by atoms with Crippen molar-refractivity contribution >= 4 is 40.5 Å². The van der Waals surface area contributed by atoms with Gasteiger partial charge >= 0.3 is 5.97 Å². The van der Waals surface area contributed by atoms with Gasteiger partial charge in [0, 0.05) is 0 Å². The SMILES string of the molecule is COC(=O)c1sccc1NC(=O)c1cncc(Cl)n1. The molecule has 0 saturated carbocycles. The van der Waals surface area contributed by atoms with Crippen molar-refractivity contribution in [1.82, 2.24) is 9.97 Å². The lowest BCUT2D eigenvalue weighted by Crippen LogP contribution is -2.15. The molecule has 2 rings (SSSR count). The van der Waals surface area contributed by atoms with E-state index in [9.17, 15) is 9.59 Å². The topological polar surface area (TPSA) is 81.2 Å². The summed E-state index contributed by atoms with van der Waals surface area (Å²) in [6, 6.07) is 1.60. The first-order valence-electron chi connectivity index (χ1n) is 5.06. The minimum Gasteiger partial charge on any atom is -0.465 e. The zero-order chi connectivity index (χ0) is 13.8. The molecule has 6 nitrogen and oxygen atoms in total. The Morgan fingerprint density at radius 2 is 2.21 bits per heavy atom. The van der Waals surface area contributed by atoms with Gasteiger partial charge in [-0.1, -0.05) is 11.6 Å². The average Bonchev–Trinajstić information content (AvgIpc) is 2.86. The van der Waals surface area contributed by atoms with Crippen LogP contribution in [0.15, 0.2) is 23.8 Å². The third-order valence-corrected chi connectivity index (χ3v) is 3.20. The summed E-state index contributed by atoms with van der Waals surface area (Å²) >= 11 is 6.82. The lowest BCUT2D eigenvalue weighted by atomic mass is 10.3. The van der Waals surface area contributed by atoms with Crippen LogP contribution in [-0.2, 0) is 4.74 Å². The van der Waals surface area contributed by atoms with Crippen molar-refractivity contribution in [2.75, 3.05) is 12.4 Å². The summed E-state index contributed by atoms with van der Waals surface area (Å²) < 4.78 is 4.61.